The fraction of sp³-hybridized carbons (Fsp3) is 0.474. The number of fused-ring (bicyclic) bond motifs is 1. The van der Waals surface area contributed by atoms with Crippen molar-refractivity contribution in [3.05, 3.63) is 46.9 Å². The van der Waals surface area contributed by atoms with Gasteiger partial charge < -0.3 is 20.1 Å². The standard InChI is InChI=1S/C19H26N4O2/c1-14-22-18-8-10-20-9-7-17(18)19(23-14)21-13-15-3-5-16(6-4-15)25-12-11-24-2/h3-6,20H,7-13H2,1-2H3,(H,21,22,23). The smallest absolute Gasteiger partial charge is 0.133 e. The van der Waals surface area contributed by atoms with Crippen molar-refractivity contribution in [3.8, 4) is 5.75 Å². The van der Waals surface area contributed by atoms with Crippen LogP contribution >= 0.6 is 0 Å². The first-order valence-electron chi connectivity index (χ1n) is 8.78. The number of anilines is 1. The van der Waals surface area contributed by atoms with Gasteiger partial charge in [-0.3, -0.25) is 0 Å². The van der Waals surface area contributed by atoms with Gasteiger partial charge in [0.25, 0.3) is 0 Å². The summed E-state index contributed by atoms with van der Waals surface area (Å²) < 4.78 is 10.6. The summed E-state index contributed by atoms with van der Waals surface area (Å²) in [6.45, 7) is 5.80. The number of hydrogen-bond acceptors (Lipinski definition) is 6. The van der Waals surface area contributed by atoms with Crippen molar-refractivity contribution in [2.24, 2.45) is 0 Å². The van der Waals surface area contributed by atoms with Gasteiger partial charge in [-0.15, -0.1) is 0 Å². The van der Waals surface area contributed by atoms with Crippen LogP contribution in [0.1, 0.15) is 22.6 Å². The Morgan fingerprint density at radius 2 is 1.88 bits per heavy atom. The van der Waals surface area contributed by atoms with Gasteiger partial charge in [-0.1, -0.05) is 12.1 Å². The number of rotatable bonds is 7. The van der Waals surface area contributed by atoms with Crippen LogP contribution < -0.4 is 15.4 Å². The molecule has 0 aliphatic carbocycles. The summed E-state index contributed by atoms with van der Waals surface area (Å²) in [5, 5.41) is 6.91. The predicted octanol–water partition coefficient (Wildman–Crippen LogP) is 2.11. The monoisotopic (exact) mass is 342 g/mol. The number of nitrogens with one attached hydrogen (secondary N) is 2. The molecule has 0 radical (unpaired) electrons. The van der Waals surface area contributed by atoms with Gasteiger partial charge in [0.05, 0.1) is 12.3 Å². The molecule has 2 aromatic rings. The highest BCUT2D eigenvalue weighted by Crippen LogP contribution is 2.21. The van der Waals surface area contributed by atoms with Crippen LogP contribution in [0.4, 0.5) is 5.82 Å². The van der Waals surface area contributed by atoms with Gasteiger partial charge in [0.15, 0.2) is 0 Å². The number of nitrogens with zero attached hydrogens (tertiary/aromatic N) is 2. The second-order valence-corrected chi connectivity index (χ2v) is 6.13. The van der Waals surface area contributed by atoms with E-state index in [-0.39, 0.29) is 0 Å². The second-order valence-electron chi connectivity index (χ2n) is 6.13. The Balaban J connectivity index is 1.64. The van der Waals surface area contributed by atoms with E-state index in [1.807, 2.05) is 19.1 Å². The Labute approximate surface area is 149 Å². The Kier molecular flexibility index (Phi) is 6.19. The molecule has 0 saturated carbocycles. The number of aryl methyl sites for hydroxylation is 1. The van der Waals surface area contributed by atoms with Gasteiger partial charge in [0.1, 0.15) is 24.0 Å². The van der Waals surface area contributed by atoms with Crippen LogP contribution in [-0.2, 0) is 24.1 Å². The molecule has 3 rings (SSSR count). The van der Waals surface area contributed by atoms with Crippen LogP contribution in [0, 0.1) is 6.92 Å². The highest BCUT2D eigenvalue weighted by atomic mass is 16.5. The molecule has 6 nitrogen and oxygen atoms in total. The number of hydrogen-bond donors (Lipinski definition) is 2. The van der Waals surface area contributed by atoms with Gasteiger partial charge in [-0.2, -0.15) is 0 Å². The summed E-state index contributed by atoms with van der Waals surface area (Å²) >= 11 is 0. The minimum atomic E-state index is 0.564. The average molecular weight is 342 g/mol. The van der Waals surface area contributed by atoms with Gasteiger partial charge in [0.2, 0.25) is 0 Å². The van der Waals surface area contributed by atoms with E-state index in [1.165, 1.54) is 16.8 Å². The quantitative estimate of drug-likeness (QED) is 0.751. The van der Waals surface area contributed by atoms with Crippen molar-refractivity contribution in [1.29, 1.82) is 0 Å². The molecule has 0 atom stereocenters. The molecule has 1 aromatic heterocycles. The molecule has 0 saturated heterocycles. The summed E-state index contributed by atoms with van der Waals surface area (Å²) in [5.74, 6) is 2.65. The topological polar surface area (TPSA) is 68.3 Å². The maximum Gasteiger partial charge on any atom is 0.133 e. The Bertz CT molecular complexity index is 689. The van der Waals surface area contributed by atoms with E-state index in [0.29, 0.717) is 13.2 Å². The zero-order valence-electron chi connectivity index (χ0n) is 15.0. The molecule has 0 unspecified atom stereocenters. The van der Waals surface area contributed by atoms with Crippen molar-refractivity contribution in [2.45, 2.75) is 26.3 Å². The Morgan fingerprint density at radius 3 is 2.68 bits per heavy atom. The highest BCUT2D eigenvalue weighted by Gasteiger charge is 2.15. The number of benzene rings is 1. The molecule has 2 heterocycles. The van der Waals surface area contributed by atoms with Crippen molar-refractivity contribution < 1.29 is 9.47 Å². The van der Waals surface area contributed by atoms with Gasteiger partial charge in [0, 0.05) is 32.2 Å². The Hall–Kier alpha value is -2.18. The summed E-state index contributed by atoms with van der Waals surface area (Å²) in [6, 6.07) is 8.12. The van der Waals surface area contributed by atoms with E-state index in [1.54, 1.807) is 7.11 Å². The molecule has 0 spiro atoms. The first kappa shape index (κ1) is 17.6. The molecule has 1 aliphatic heterocycles. The third-order valence-electron chi connectivity index (χ3n) is 4.23. The van der Waals surface area contributed by atoms with Crippen molar-refractivity contribution in [2.75, 3.05) is 38.7 Å². The predicted molar refractivity (Wildman–Crippen MR) is 98.2 cm³/mol. The second kappa shape index (κ2) is 8.78. The molecule has 2 N–H and O–H groups in total. The van der Waals surface area contributed by atoms with E-state index in [9.17, 15) is 0 Å². The third kappa shape index (κ3) is 4.90. The minimum Gasteiger partial charge on any atom is -0.491 e. The van der Waals surface area contributed by atoms with Crippen LogP contribution in [0.3, 0.4) is 0 Å². The van der Waals surface area contributed by atoms with E-state index in [4.69, 9.17) is 9.47 Å². The van der Waals surface area contributed by atoms with Crippen LogP contribution in [0.15, 0.2) is 24.3 Å². The molecule has 25 heavy (non-hydrogen) atoms. The Morgan fingerprint density at radius 1 is 1.08 bits per heavy atom. The molecule has 1 aromatic carbocycles. The lowest BCUT2D eigenvalue weighted by molar-refractivity contribution is 0.146. The maximum absolute atomic E-state index is 5.60. The van der Waals surface area contributed by atoms with Crippen molar-refractivity contribution in [3.63, 3.8) is 0 Å². The van der Waals surface area contributed by atoms with Crippen molar-refractivity contribution in [1.82, 2.24) is 15.3 Å². The first-order chi connectivity index (χ1) is 12.3. The molecular formula is C19H26N4O2. The van der Waals surface area contributed by atoms with Crippen LogP contribution in [0.25, 0.3) is 0 Å². The summed E-state index contributed by atoms with van der Waals surface area (Å²) in [5.41, 5.74) is 3.60. The summed E-state index contributed by atoms with van der Waals surface area (Å²) in [6.07, 6.45) is 1.92. The molecular weight excluding hydrogens is 316 g/mol. The fourth-order valence-electron chi connectivity index (χ4n) is 2.95. The van der Waals surface area contributed by atoms with Gasteiger partial charge >= 0.3 is 0 Å². The lowest BCUT2D eigenvalue weighted by Gasteiger charge is -2.14. The number of methoxy groups -OCH3 is 1. The third-order valence-corrected chi connectivity index (χ3v) is 4.23. The molecule has 0 bridgehead atoms. The number of ether oxygens (including phenoxy) is 2. The molecule has 0 amide bonds. The molecule has 6 heteroatoms. The molecule has 134 valence electrons. The molecule has 1 aliphatic rings. The van der Waals surface area contributed by atoms with E-state index in [2.05, 4.69) is 32.7 Å². The zero-order valence-corrected chi connectivity index (χ0v) is 15.0. The first-order valence-corrected chi connectivity index (χ1v) is 8.78. The average Bonchev–Trinajstić information content (AvgIpc) is 2.86. The normalized spacial score (nSPS) is 13.8. The number of aromatic nitrogens is 2. The SMILES string of the molecule is COCCOc1ccc(CNc2nc(C)nc3c2CCNCC3)cc1. The van der Waals surface area contributed by atoms with E-state index >= 15 is 0 Å². The lowest BCUT2D eigenvalue weighted by atomic mass is 10.1. The lowest BCUT2D eigenvalue weighted by Crippen LogP contribution is -2.16. The highest BCUT2D eigenvalue weighted by molar-refractivity contribution is 5.48. The van der Waals surface area contributed by atoms with E-state index < -0.39 is 0 Å². The summed E-state index contributed by atoms with van der Waals surface area (Å²) in [7, 11) is 1.67. The maximum atomic E-state index is 5.60. The largest absolute Gasteiger partial charge is 0.491 e. The van der Waals surface area contributed by atoms with Gasteiger partial charge in [-0.05, 0) is 37.6 Å². The zero-order chi connectivity index (χ0) is 17.5. The minimum absolute atomic E-state index is 0.564. The van der Waals surface area contributed by atoms with Crippen LogP contribution in [0.5, 0.6) is 5.75 Å². The van der Waals surface area contributed by atoms with Crippen LogP contribution in [-0.4, -0.2) is 43.4 Å². The fourth-order valence-corrected chi connectivity index (χ4v) is 2.95. The van der Waals surface area contributed by atoms with Gasteiger partial charge in [-0.25, -0.2) is 9.97 Å². The molecule has 0 fully saturated rings. The van der Waals surface area contributed by atoms with Crippen LogP contribution in [0.2, 0.25) is 0 Å². The van der Waals surface area contributed by atoms with E-state index in [0.717, 1.165) is 49.9 Å². The van der Waals surface area contributed by atoms with Crippen molar-refractivity contribution >= 4 is 5.82 Å². The summed E-state index contributed by atoms with van der Waals surface area (Å²) in [4.78, 5) is 9.24.